The molecule has 1 aromatic rings. The lowest BCUT2D eigenvalue weighted by Gasteiger charge is -2.25. The molecular formula is C17H26N2O. The van der Waals surface area contributed by atoms with Crippen LogP contribution in [-0.2, 0) is 4.79 Å². The Morgan fingerprint density at radius 1 is 1.25 bits per heavy atom. The van der Waals surface area contributed by atoms with Crippen molar-refractivity contribution in [2.75, 3.05) is 5.32 Å². The van der Waals surface area contributed by atoms with Crippen molar-refractivity contribution < 1.29 is 4.79 Å². The quantitative estimate of drug-likeness (QED) is 0.855. The van der Waals surface area contributed by atoms with Gasteiger partial charge in [-0.25, -0.2) is 0 Å². The summed E-state index contributed by atoms with van der Waals surface area (Å²) >= 11 is 0. The molecule has 1 amide bonds. The summed E-state index contributed by atoms with van der Waals surface area (Å²) in [7, 11) is 0. The van der Waals surface area contributed by atoms with E-state index in [2.05, 4.69) is 36.6 Å². The summed E-state index contributed by atoms with van der Waals surface area (Å²) in [4.78, 5) is 11.1. The lowest BCUT2D eigenvalue weighted by molar-refractivity contribution is -0.114. The third-order valence-corrected chi connectivity index (χ3v) is 4.33. The Morgan fingerprint density at radius 3 is 2.60 bits per heavy atom. The first-order valence-corrected chi connectivity index (χ1v) is 7.70. The Kier molecular flexibility index (Phi) is 5.18. The Bertz CT molecular complexity index is 452. The zero-order valence-corrected chi connectivity index (χ0v) is 12.8. The molecule has 3 nitrogen and oxygen atoms in total. The molecule has 1 saturated carbocycles. The molecule has 1 aliphatic carbocycles. The molecule has 0 bridgehead atoms. The summed E-state index contributed by atoms with van der Waals surface area (Å²) < 4.78 is 0. The van der Waals surface area contributed by atoms with Crippen molar-refractivity contribution in [2.24, 2.45) is 5.92 Å². The second-order valence-electron chi connectivity index (χ2n) is 6.03. The Balaban J connectivity index is 1.97. The van der Waals surface area contributed by atoms with Gasteiger partial charge in [-0.05, 0) is 50.3 Å². The highest BCUT2D eigenvalue weighted by Gasteiger charge is 2.22. The fourth-order valence-corrected chi connectivity index (χ4v) is 3.17. The van der Waals surface area contributed by atoms with Gasteiger partial charge in [-0.1, -0.05) is 25.0 Å². The highest BCUT2D eigenvalue weighted by atomic mass is 16.1. The van der Waals surface area contributed by atoms with Gasteiger partial charge in [0.05, 0.1) is 0 Å². The van der Waals surface area contributed by atoms with Gasteiger partial charge in [0, 0.05) is 24.7 Å². The number of anilines is 1. The molecule has 1 fully saturated rings. The third-order valence-electron chi connectivity index (χ3n) is 4.33. The number of amides is 1. The van der Waals surface area contributed by atoms with E-state index in [4.69, 9.17) is 0 Å². The molecule has 0 aromatic heterocycles. The van der Waals surface area contributed by atoms with Crippen LogP contribution in [0.3, 0.4) is 0 Å². The Hall–Kier alpha value is -1.35. The van der Waals surface area contributed by atoms with Crippen molar-refractivity contribution >= 4 is 11.6 Å². The van der Waals surface area contributed by atoms with E-state index in [-0.39, 0.29) is 5.91 Å². The van der Waals surface area contributed by atoms with Crippen LogP contribution in [0.25, 0.3) is 0 Å². The number of hydrogen-bond acceptors (Lipinski definition) is 2. The van der Waals surface area contributed by atoms with E-state index in [0.717, 1.165) is 11.6 Å². The van der Waals surface area contributed by atoms with Crippen LogP contribution >= 0.6 is 0 Å². The molecule has 0 aliphatic heterocycles. The first-order chi connectivity index (χ1) is 9.56. The van der Waals surface area contributed by atoms with Gasteiger partial charge in [0.2, 0.25) is 5.91 Å². The summed E-state index contributed by atoms with van der Waals surface area (Å²) in [6.45, 7) is 6.03. The minimum absolute atomic E-state index is 0.0258. The maximum absolute atomic E-state index is 11.1. The van der Waals surface area contributed by atoms with Crippen LogP contribution in [0, 0.1) is 5.92 Å². The van der Waals surface area contributed by atoms with Gasteiger partial charge in [0.15, 0.2) is 0 Å². The number of nitrogens with one attached hydrogen (secondary N) is 2. The molecule has 0 heterocycles. The summed E-state index contributed by atoms with van der Waals surface area (Å²) in [5.41, 5.74) is 2.10. The first-order valence-electron chi connectivity index (χ1n) is 7.70. The number of hydrogen-bond donors (Lipinski definition) is 2. The largest absolute Gasteiger partial charge is 0.326 e. The number of rotatable bonds is 5. The molecule has 2 atom stereocenters. The van der Waals surface area contributed by atoms with E-state index in [9.17, 15) is 4.79 Å². The molecular weight excluding hydrogens is 248 g/mol. The van der Waals surface area contributed by atoms with Crippen LogP contribution in [0.15, 0.2) is 24.3 Å². The molecule has 1 aromatic carbocycles. The molecule has 0 radical (unpaired) electrons. The van der Waals surface area contributed by atoms with Crippen molar-refractivity contribution in [1.29, 1.82) is 0 Å². The fourth-order valence-electron chi connectivity index (χ4n) is 3.17. The van der Waals surface area contributed by atoms with E-state index in [1.165, 1.54) is 38.2 Å². The molecule has 1 unspecified atom stereocenters. The molecule has 0 saturated heterocycles. The zero-order valence-electron chi connectivity index (χ0n) is 12.8. The molecule has 2 N–H and O–H groups in total. The maximum Gasteiger partial charge on any atom is 0.221 e. The lowest BCUT2D eigenvalue weighted by atomic mass is 9.97. The topological polar surface area (TPSA) is 41.1 Å². The van der Waals surface area contributed by atoms with Crippen LogP contribution in [0.4, 0.5) is 5.69 Å². The van der Waals surface area contributed by atoms with Crippen LogP contribution < -0.4 is 10.6 Å². The molecule has 110 valence electrons. The van der Waals surface area contributed by atoms with Crippen molar-refractivity contribution in [3.63, 3.8) is 0 Å². The van der Waals surface area contributed by atoms with Crippen LogP contribution in [0.5, 0.6) is 0 Å². The van der Waals surface area contributed by atoms with Crippen molar-refractivity contribution in [3.8, 4) is 0 Å². The van der Waals surface area contributed by atoms with Crippen LogP contribution in [-0.4, -0.2) is 11.9 Å². The van der Waals surface area contributed by atoms with Crippen molar-refractivity contribution in [1.82, 2.24) is 5.32 Å². The van der Waals surface area contributed by atoms with Gasteiger partial charge in [-0.3, -0.25) is 4.79 Å². The maximum atomic E-state index is 11.1. The first kappa shape index (κ1) is 15.0. The summed E-state index contributed by atoms with van der Waals surface area (Å²) in [6.07, 6.45) is 5.46. The summed E-state index contributed by atoms with van der Waals surface area (Å²) in [5, 5.41) is 6.55. The van der Waals surface area contributed by atoms with Gasteiger partial charge >= 0.3 is 0 Å². The fraction of sp³-hybridized carbons (Fsp3) is 0.588. The monoisotopic (exact) mass is 274 g/mol. The van der Waals surface area contributed by atoms with Crippen molar-refractivity contribution in [3.05, 3.63) is 29.8 Å². The van der Waals surface area contributed by atoms with Gasteiger partial charge in [-0.15, -0.1) is 0 Å². The van der Waals surface area contributed by atoms with Gasteiger partial charge in [-0.2, -0.15) is 0 Å². The molecule has 0 spiro atoms. The smallest absolute Gasteiger partial charge is 0.221 e. The average molecular weight is 274 g/mol. The van der Waals surface area contributed by atoms with E-state index < -0.39 is 0 Å². The van der Waals surface area contributed by atoms with E-state index in [1.54, 1.807) is 0 Å². The highest BCUT2D eigenvalue weighted by molar-refractivity contribution is 5.88. The summed E-state index contributed by atoms with van der Waals surface area (Å²) in [5.74, 6) is 0.790. The molecule has 3 heteroatoms. The number of benzene rings is 1. The zero-order chi connectivity index (χ0) is 14.5. The second-order valence-corrected chi connectivity index (χ2v) is 6.03. The van der Waals surface area contributed by atoms with Crippen LogP contribution in [0.1, 0.15) is 58.1 Å². The average Bonchev–Trinajstić information content (AvgIpc) is 2.92. The van der Waals surface area contributed by atoms with Gasteiger partial charge in [0.25, 0.3) is 0 Å². The third kappa shape index (κ3) is 4.07. The molecule has 1 aliphatic rings. The minimum atomic E-state index is -0.0258. The predicted molar refractivity (Wildman–Crippen MR) is 83.7 cm³/mol. The van der Waals surface area contributed by atoms with Gasteiger partial charge < -0.3 is 10.6 Å². The van der Waals surface area contributed by atoms with E-state index >= 15 is 0 Å². The molecule has 2 rings (SSSR count). The number of carbonyl (C=O) groups excluding carboxylic acids is 1. The predicted octanol–water partition coefficient (Wildman–Crippen LogP) is 3.87. The van der Waals surface area contributed by atoms with Crippen molar-refractivity contribution in [2.45, 2.75) is 58.5 Å². The van der Waals surface area contributed by atoms with Crippen LogP contribution in [0.2, 0.25) is 0 Å². The highest BCUT2D eigenvalue weighted by Crippen LogP contribution is 2.29. The van der Waals surface area contributed by atoms with E-state index in [1.807, 2.05) is 12.1 Å². The second kappa shape index (κ2) is 6.89. The molecule has 20 heavy (non-hydrogen) atoms. The summed E-state index contributed by atoms with van der Waals surface area (Å²) in [6, 6.07) is 8.96. The SMILES string of the molecule is CC(=O)Nc1cccc(C(C)N[C@@H](C)C2CCCC2)c1. The number of carbonyl (C=O) groups is 1. The Labute approximate surface area is 122 Å². The Morgan fingerprint density at radius 2 is 1.95 bits per heavy atom. The van der Waals surface area contributed by atoms with Gasteiger partial charge in [0.1, 0.15) is 0 Å². The standard InChI is InChI=1S/C17H26N2O/c1-12(15-7-4-5-8-15)18-13(2)16-9-6-10-17(11-16)19-14(3)20/h6,9-13,15,18H,4-5,7-8H2,1-3H3,(H,19,20)/t12-,13?/m0/s1. The van der Waals surface area contributed by atoms with E-state index in [0.29, 0.717) is 12.1 Å². The normalized spacial score (nSPS) is 18.8. The minimum Gasteiger partial charge on any atom is -0.326 e. The lowest BCUT2D eigenvalue weighted by Crippen LogP contribution is -2.34.